The third-order valence-corrected chi connectivity index (χ3v) is 5.32. The van der Waals surface area contributed by atoms with Crippen LogP contribution in [0.2, 0.25) is 0 Å². The second-order valence-electron chi connectivity index (χ2n) is 6.84. The fraction of sp³-hybridized carbons (Fsp3) is 1.00. The van der Waals surface area contributed by atoms with Crippen molar-refractivity contribution in [1.29, 1.82) is 0 Å². The fourth-order valence-electron chi connectivity index (χ4n) is 3.61. The number of nitrogens with zero attached hydrogens (tertiary/aromatic N) is 2. The summed E-state index contributed by atoms with van der Waals surface area (Å²) in [5.41, 5.74) is 0.545. The molecular formula is C15H30N2S. The van der Waals surface area contributed by atoms with Crippen molar-refractivity contribution in [2.45, 2.75) is 39.5 Å². The lowest BCUT2D eigenvalue weighted by Gasteiger charge is -2.40. The quantitative estimate of drug-likeness (QED) is 0.768. The summed E-state index contributed by atoms with van der Waals surface area (Å²) in [4.78, 5) is 5.32. The van der Waals surface area contributed by atoms with Crippen LogP contribution in [-0.4, -0.2) is 54.8 Å². The van der Waals surface area contributed by atoms with Crippen molar-refractivity contribution in [3.05, 3.63) is 0 Å². The Bertz CT molecular complexity index is 241. The SMILES string of the molecule is CC(C)CN1CCN(CC2(CS)CCCC2)CC1. The van der Waals surface area contributed by atoms with Crippen molar-refractivity contribution < 1.29 is 0 Å². The average molecular weight is 270 g/mol. The number of hydrogen-bond acceptors (Lipinski definition) is 3. The summed E-state index contributed by atoms with van der Waals surface area (Å²) < 4.78 is 0. The zero-order valence-corrected chi connectivity index (χ0v) is 13.1. The Morgan fingerprint density at radius 2 is 1.56 bits per heavy atom. The minimum absolute atomic E-state index is 0.545. The van der Waals surface area contributed by atoms with Crippen molar-refractivity contribution in [1.82, 2.24) is 9.80 Å². The smallest absolute Gasteiger partial charge is 0.0110 e. The molecule has 1 heterocycles. The van der Waals surface area contributed by atoms with Crippen LogP contribution in [0.1, 0.15) is 39.5 Å². The van der Waals surface area contributed by atoms with Gasteiger partial charge in [0.05, 0.1) is 0 Å². The minimum atomic E-state index is 0.545. The van der Waals surface area contributed by atoms with Crippen LogP contribution in [0.3, 0.4) is 0 Å². The summed E-state index contributed by atoms with van der Waals surface area (Å²) in [5, 5.41) is 0. The molecule has 0 aromatic rings. The summed E-state index contributed by atoms with van der Waals surface area (Å²) in [5.74, 6) is 1.88. The predicted octanol–water partition coefficient (Wildman–Crippen LogP) is 2.75. The Hall–Kier alpha value is 0.270. The Morgan fingerprint density at radius 3 is 2.06 bits per heavy atom. The van der Waals surface area contributed by atoms with Gasteiger partial charge >= 0.3 is 0 Å². The lowest BCUT2D eigenvalue weighted by atomic mass is 9.87. The number of piperazine rings is 1. The zero-order chi connectivity index (χ0) is 13.0. The van der Waals surface area contributed by atoms with E-state index < -0.39 is 0 Å². The maximum absolute atomic E-state index is 4.63. The molecule has 2 aliphatic rings. The van der Waals surface area contributed by atoms with Crippen LogP contribution >= 0.6 is 12.6 Å². The molecule has 18 heavy (non-hydrogen) atoms. The van der Waals surface area contributed by atoms with E-state index in [1.807, 2.05) is 0 Å². The molecule has 2 rings (SSSR count). The Balaban J connectivity index is 1.76. The highest BCUT2D eigenvalue weighted by molar-refractivity contribution is 7.80. The lowest BCUT2D eigenvalue weighted by molar-refractivity contribution is 0.0884. The molecule has 0 radical (unpaired) electrons. The monoisotopic (exact) mass is 270 g/mol. The fourth-order valence-corrected chi connectivity index (χ4v) is 4.03. The highest BCUT2D eigenvalue weighted by Crippen LogP contribution is 2.39. The van der Waals surface area contributed by atoms with Gasteiger partial charge in [-0.1, -0.05) is 26.7 Å². The standard InChI is InChI=1S/C15H30N2S/c1-14(2)11-16-7-9-17(10-8-16)12-15(13-18)5-3-4-6-15/h14,18H,3-13H2,1-2H3. The molecule has 0 N–H and O–H groups in total. The molecule has 106 valence electrons. The van der Waals surface area contributed by atoms with E-state index in [1.165, 1.54) is 65.0 Å². The maximum atomic E-state index is 4.63. The number of thiol groups is 1. The molecule has 0 bridgehead atoms. The van der Waals surface area contributed by atoms with Crippen LogP contribution in [-0.2, 0) is 0 Å². The molecule has 1 saturated heterocycles. The van der Waals surface area contributed by atoms with Crippen LogP contribution in [0, 0.1) is 11.3 Å². The first-order chi connectivity index (χ1) is 8.63. The van der Waals surface area contributed by atoms with E-state index in [-0.39, 0.29) is 0 Å². The first-order valence-electron chi connectivity index (χ1n) is 7.69. The third-order valence-electron chi connectivity index (χ3n) is 4.65. The van der Waals surface area contributed by atoms with Crippen LogP contribution in [0.15, 0.2) is 0 Å². The van der Waals surface area contributed by atoms with Crippen molar-refractivity contribution in [2.24, 2.45) is 11.3 Å². The normalized spacial score (nSPS) is 26.0. The van der Waals surface area contributed by atoms with E-state index in [4.69, 9.17) is 0 Å². The van der Waals surface area contributed by atoms with E-state index in [2.05, 4.69) is 36.3 Å². The lowest BCUT2D eigenvalue weighted by Crippen LogP contribution is -2.50. The molecule has 0 atom stereocenters. The van der Waals surface area contributed by atoms with Crippen molar-refractivity contribution in [3.8, 4) is 0 Å². The van der Waals surface area contributed by atoms with Crippen molar-refractivity contribution >= 4 is 12.6 Å². The molecule has 2 fully saturated rings. The van der Waals surface area contributed by atoms with Crippen LogP contribution in [0.5, 0.6) is 0 Å². The second kappa shape index (κ2) is 6.62. The first-order valence-corrected chi connectivity index (χ1v) is 8.32. The molecule has 1 aliphatic heterocycles. The van der Waals surface area contributed by atoms with Gasteiger partial charge in [-0.25, -0.2) is 0 Å². The van der Waals surface area contributed by atoms with Gasteiger partial charge in [0.2, 0.25) is 0 Å². The molecule has 1 saturated carbocycles. The highest BCUT2D eigenvalue weighted by atomic mass is 32.1. The Labute approximate surface area is 119 Å². The largest absolute Gasteiger partial charge is 0.301 e. The second-order valence-corrected chi connectivity index (χ2v) is 7.15. The zero-order valence-electron chi connectivity index (χ0n) is 12.2. The molecule has 1 aliphatic carbocycles. The predicted molar refractivity (Wildman–Crippen MR) is 82.5 cm³/mol. The molecule has 2 nitrogen and oxygen atoms in total. The summed E-state index contributed by atoms with van der Waals surface area (Å²) in [6.45, 7) is 12.3. The van der Waals surface area contributed by atoms with Crippen LogP contribution < -0.4 is 0 Å². The van der Waals surface area contributed by atoms with E-state index in [9.17, 15) is 0 Å². The molecule has 0 aromatic heterocycles. The first kappa shape index (κ1) is 14.7. The van der Waals surface area contributed by atoms with Gasteiger partial charge in [0.1, 0.15) is 0 Å². The van der Waals surface area contributed by atoms with Gasteiger partial charge in [0.25, 0.3) is 0 Å². The van der Waals surface area contributed by atoms with Crippen LogP contribution in [0.25, 0.3) is 0 Å². The van der Waals surface area contributed by atoms with Crippen molar-refractivity contribution in [3.63, 3.8) is 0 Å². The van der Waals surface area contributed by atoms with Gasteiger partial charge in [-0.05, 0) is 29.9 Å². The molecular weight excluding hydrogens is 240 g/mol. The van der Waals surface area contributed by atoms with Gasteiger partial charge in [-0.15, -0.1) is 0 Å². The van der Waals surface area contributed by atoms with Crippen LogP contribution in [0.4, 0.5) is 0 Å². The third kappa shape index (κ3) is 3.88. The van der Waals surface area contributed by atoms with Gasteiger partial charge in [-0.3, -0.25) is 0 Å². The Morgan fingerprint density at radius 1 is 1.00 bits per heavy atom. The Kier molecular flexibility index (Phi) is 5.40. The van der Waals surface area contributed by atoms with E-state index in [0.29, 0.717) is 5.41 Å². The van der Waals surface area contributed by atoms with Gasteiger partial charge in [0.15, 0.2) is 0 Å². The highest BCUT2D eigenvalue weighted by Gasteiger charge is 2.34. The average Bonchev–Trinajstić information content (AvgIpc) is 2.80. The van der Waals surface area contributed by atoms with E-state index in [0.717, 1.165) is 11.7 Å². The number of hydrogen-bond donors (Lipinski definition) is 1. The molecule has 0 amide bonds. The minimum Gasteiger partial charge on any atom is -0.301 e. The van der Waals surface area contributed by atoms with Gasteiger partial charge in [-0.2, -0.15) is 12.6 Å². The van der Waals surface area contributed by atoms with Crippen molar-refractivity contribution in [2.75, 3.05) is 45.0 Å². The molecule has 0 aromatic carbocycles. The van der Waals surface area contributed by atoms with Gasteiger partial charge in [0, 0.05) is 39.3 Å². The van der Waals surface area contributed by atoms with E-state index in [1.54, 1.807) is 0 Å². The summed E-state index contributed by atoms with van der Waals surface area (Å²) in [6, 6.07) is 0. The molecule has 0 spiro atoms. The molecule has 3 heteroatoms. The topological polar surface area (TPSA) is 6.48 Å². The summed E-state index contributed by atoms with van der Waals surface area (Å²) >= 11 is 4.63. The summed E-state index contributed by atoms with van der Waals surface area (Å²) in [6.07, 6.45) is 5.66. The summed E-state index contributed by atoms with van der Waals surface area (Å²) in [7, 11) is 0. The van der Waals surface area contributed by atoms with E-state index >= 15 is 0 Å². The number of rotatable bonds is 5. The maximum Gasteiger partial charge on any atom is 0.0110 e. The molecule has 0 unspecified atom stereocenters. The van der Waals surface area contributed by atoms with Gasteiger partial charge < -0.3 is 9.80 Å².